The van der Waals surface area contributed by atoms with Crippen molar-refractivity contribution in [2.45, 2.75) is 39.0 Å². The van der Waals surface area contributed by atoms with E-state index in [1.807, 2.05) is 0 Å². The van der Waals surface area contributed by atoms with Crippen LogP contribution in [-0.4, -0.2) is 16.6 Å². The van der Waals surface area contributed by atoms with Gasteiger partial charge in [-0.25, -0.2) is 0 Å². The van der Waals surface area contributed by atoms with E-state index in [4.69, 9.17) is 0 Å². The molecular formula is C15H19NO2. The Morgan fingerprint density at radius 1 is 1.11 bits per heavy atom. The topological polar surface area (TPSA) is 47.0 Å². The van der Waals surface area contributed by atoms with Gasteiger partial charge in [0.25, 0.3) is 0 Å². The quantitative estimate of drug-likeness (QED) is 0.401. The maximum Gasteiger partial charge on any atom is 0.162 e. The second-order valence-corrected chi connectivity index (χ2v) is 4.42. The number of hydrogen-bond donors (Lipinski definition) is 0. The molecule has 0 atom stereocenters. The Labute approximate surface area is 108 Å². The first-order chi connectivity index (χ1) is 8.61. The number of Topliss-reactive ketones (excluding diaryl/α,β-unsaturated/α-hetero) is 2. The average Bonchev–Trinajstić information content (AvgIpc) is 2.38. The third-order valence-electron chi connectivity index (χ3n) is 2.79. The Bertz CT molecular complexity index is 423. The zero-order valence-electron chi connectivity index (χ0n) is 10.8. The maximum atomic E-state index is 11.7. The van der Waals surface area contributed by atoms with Gasteiger partial charge in [0.1, 0.15) is 0 Å². The van der Waals surface area contributed by atoms with E-state index in [0.29, 0.717) is 24.0 Å². The van der Waals surface area contributed by atoms with Crippen LogP contribution in [0.3, 0.4) is 0 Å². The smallest absolute Gasteiger partial charge is 0.162 e. The van der Waals surface area contributed by atoms with Crippen molar-refractivity contribution in [1.29, 1.82) is 0 Å². The van der Waals surface area contributed by atoms with E-state index in [9.17, 15) is 9.59 Å². The predicted octanol–water partition coefficient (Wildman–Crippen LogP) is 3.36. The van der Waals surface area contributed by atoms with Gasteiger partial charge in [-0.3, -0.25) is 14.6 Å². The number of hydrogen-bond acceptors (Lipinski definition) is 3. The molecule has 0 unspecified atom stereocenters. The van der Waals surface area contributed by atoms with Crippen molar-refractivity contribution in [1.82, 2.24) is 4.98 Å². The van der Waals surface area contributed by atoms with Crippen molar-refractivity contribution in [2.75, 3.05) is 0 Å². The molecule has 1 heterocycles. The highest BCUT2D eigenvalue weighted by Crippen LogP contribution is 2.10. The molecule has 0 saturated carbocycles. The average molecular weight is 245 g/mol. The number of carbonyl (C=O) groups is 2. The summed E-state index contributed by atoms with van der Waals surface area (Å²) in [5.74, 6) is 0.263. The lowest BCUT2D eigenvalue weighted by Gasteiger charge is -2.01. The summed E-state index contributed by atoms with van der Waals surface area (Å²) >= 11 is 0. The van der Waals surface area contributed by atoms with Crippen molar-refractivity contribution in [2.24, 2.45) is 0 Å². The zero-order chi connectivity index (χ0) is 13.4. The van der Waals surface area contributed by atoms with E-state index in [2.05, 4.69) is 11.6 Å². The predicted molar refractivity (Wildman–Crippen MR) is 71.5 cm³/mol. The highest BCUT2D eigenvalue weighted by Gasteiger charge is 2.05. The fraction of sp³-hybridized carbons (Fsp3) is 0.400. The van der Waals surface area contributed by atoms with E-state index < -0.39 is 0 Å². The fourth-order valence-corrected chi connectivity index (χ4v) is 1.64. The first kappa shape index (κ1) is 14.3. The summed E-state index contributed by atoms with van der Waals surface area (Å²) in [5.41, 5.74) is 1.32. The maximum absolute atomic E-state index is 11.7. The van der Waals surface area contributed by atoms with Gasteiger partial charge < -0.3 is 0 Å². The molecule has 0 N–H and O–H groups in total. The Balaban J connectivity index is 2.17. The highest BCUT2D eigenvalue weighted by atomic mass is 16.1. The third-order valence-corrected chi connectivity index (χ3v) is 2.79. The number of unbranched alkanes of at least 4 members (excludes halogenated alkanes) is 2. The molecule has 0 aliphatic carbocycles. The van der Waals surface area contributed by atoms with Crippen molar-refractivity contribution in [3.63, 3.8) is 0 Å². The summed E-state index contributed by atoms with van der Waals surface area (Å²) in [6, 6.07) is 3.46. The van der Waals surface area contributed by atoms with Crippen LogP contribution in [0.25, 0.3) is 0 Å². The number of nitrogens with zero attached hydrogens (tertiary/aromatic N) is 1. The zero-order valence-corrected chi connectivity index (χ0v) is 10.8. The van der Waals surface area contributed by atoms with Crippen LogP contribution in [0.15, 0.2) is 36.7 Å². The molecule has 0 spiro atoms. The molecule has 0 bridgehead atoms. The minimum Gasteiger partial charge on any atom is -0.295 e. The highest BCUT2D eigenvalue weighted by molar-refractivity contribution is 5.95. The second-order valence-electron chi connectivity index (χ2n) is 4.42. The van der Waals surface area contributed by atoms with Crippen molar-refractivity contribution in [3.8, 4) is 0 Å². The molecule has 0 aliphatic heterocycles. The lowest BCUT2D eigenvalue weighted by Crippen LogP contribution is -2.00. The van der Waals surface area contributed by atoms with E-state index in [1.165, 1.54) is 0 Å². The van der Waals surface area contributed by atoms with Crippen LogP contribution in [0.1, 0.15) is 49.4 Å². The minimum absolute atomic E-state index is 0.121. The number of allylic oxidation sites excluding steroid dienone is 1. The van der Waals surface area contributed by atoms with Crippen LogP contribution in [0, 0.1) is 0 Å². The molecule has 1 aromatic rings. The molecule has 0 aromatic carbocycles. The summed E-state index contributed by atoms with van der Waals surface area (Å²) in [5, 5.41) is 0. The number of ketones is 2. The number of rotatable bonds is 8. The van der Waals surface area contributed by atoms with Crippen LogP contribution in [0.4, 0.5) is 0 Å². The van der Waals surface area contributed by atoms with Crippen molar-refractivity contribution < 1.29 is 9.59 Å². The molecule has 0 saturated heterocycles. The molecule has 0 fully saturated rings. The molecule has 0 amide bonds. The number of carbonyl (C=O) groups excluding carboxylic acids is 2. The van der Waals surface area contributed by atoms with Gasteiger partial charge in [-0.1, -0.05) is 13.0 Å². The summed E-state index contributed by atoms with van der Waals surface area (Å²) in [6.07, 6.45) is 6.87. The van der Waals surface area contributed by atoms with Gasteiger partial charge in [-0.15, -0.1) is 0 Å². The third kappa shape index (κ3) is 5.04. The van der Waals surface area contributed by atoms with Crippen LogP contribution < -0.4 is 0 Å². The van der Waals surface area contributed by atoms with Crippen molar-refractivity contribution >= 4 is 11.6 Å². The molecule has 18 heavy (non-hydrogen) atoms. The summed E-state index contributed by atoms with van der Waals surface area (Å²) < 4.78 is 0. The molecular weight excluding hydrogens is 226 g/mol. The molecule has 3 heteroatoms. The van der Waals surface area contributed by atoms with Crippen LogP contribution >= 0.6 is 0 Å². The molecule has 1 aromatic heterocycles. The standard InChI is InChI=1S/C15H19NO2/c1-12(2)14(17)6-4-3-5-7-15(18)13-8-10-16-11-9-13/h8-11H,1,3-7H2,2H3. The van der Waals surface area contributed by atoms with Gasteiger partial charge in [-0.2, -0.15) is 0 Å². The Morgan fingerprint density at radius 3 is 2.33 bits per heavy atom. The molecule has 0 radical (unpaired) electrons. The number of aromatic nitrogens is 1. The van der Waals surface area contributed by atoms with E-state index in [1.54, 1.807) is 31.5 Å². The van der Waals surface area contributed by atoms with Gasteiger partial charge in [-0.05, 0) is 37.5 Å². The SMILES string of the molecule is C=C(C)C(=O)CCCCCC(=O)c1ccncc1. The largest absolute Gasteiger partial charge is 0.295 e. The molecule has 1 rings (SSSR count). The second kappa shape index (κ2) is 7.54. The van der Waals surface area contributed by atoms with Crippen LogP contribution in [-0.2, 0) is 4.79 Å². The van der Waals surface area contributed by atoms with E-state index in [0.717, 1.165) is 19.3 Å². The van der Waals surface area contributed by atoms with Crippen LogP contribution in [0.5, 0.6) is 0 Å². The minimum atomic E-state index is 0.121. The molecule has 0 aliphatic rings. The number of pyridine rings is 1. The lowest BCUT2D eigenvalue weighted by atomic mass is 10.0. The van der Waals surface area contributed by atoms with Gasteiger partial charge in [0, 0.05) is 30.8 Å². The first-order valence-electron chi connectivity index (χ1n) is 6.23. The summed E-state index contributed by atoms with van der Waals surface area (Å²) in [4.78, 5) is 26.9. The fourth-order valence-electron chi connectivity index (χ4n) is 1.64. The van der Waals surface area contributed by atoms with Crippen molar-refractivity contribution in [3.05, 3.63) is 42.2 Å². The molecule has 96 valence electrons. The Morgan fingerprint density at radius 2 is 1.72 bits per heavy atom. The van der Waals surface area contributed by atoms with Gasteiger partial charge in [0.15, 0.2) is 11.6 Å². The Kier molecular flexibility index (Phi) is 5.98. The summed E-state index contributed by atoms with van der Waals surface area (Å²) in [7, 11) is 0. The van der Waals surface area contributed by atoms with Gasteiger partial charge >= 0.3 is 0 Å². The lowest BCUT2D eigenvalue weighted by molar-refractivity contribution is -0.115. The van der Waals surface area contributed by atoms with Crippen LogP contribution in [0.2, 0.25) is 0 Å². The van der Waals surface area contributed by atoms with Gasteiger partial charge in [0.2, 0.25) is 0 Å². The summed E-state index contributed by atoms with van der Waals surface area (Å²) in [6.45, 7) is 5.34. The first-order valence-corrected chi connectivity index (χ1v) is 6.23. The van der Waals surface area contributed by atoms with E-state index in [-0.39, 0.29) is 11.6 Å². The molecule has 3 nitrogen and oxygen atoms in total. The Hall–Kier alpha value is -1.77. The van der Waals surface area contributed by atoms with Gasteiger partial charge in [0.05, 0.1) is 0 Å². The van der Waals surface area contributed by atoms with E-state index >= 15 is 0 Å². The normalized spacial score (nSPS) is 10.1. The monoisotopic (exact) mass is 245 g/mol.